The van der Waals surface area contributed by atoms with Crippen LogP contribution in [0.3, 0.4) is 0 Å². The maximum absolute atomic E-state index is 12.3. The number of rotatable bonds is 8. The third-order valence-corrected chi connectivity index (χ3v) is 5.48. The quantitative estimate of drug-likeness (QED) is 0.428. The average molecular weight is 374 g/mol. The van der Waals surface area contributed by atoms with Crippen LogP contribution in [-0.2, 0) is 10.0 Å². The largest absolute Gasteiger partial charge is 0.270 e. The molecule has 0 radical (unpaired) electrons. The van der Waals surface area contributed by atoms with Crippen molar-refractivity contribution >= 4 is 21.3 Å². The number of aryl methyl sites for hydroxylation is 1. The number of benzene rings is 2. The van der Waals surface area contributed by atoms with Crippen LogP contribution in [0.4, 0.5) is 5.69 Å². The molecule has 2 rings (SSSR count). The molecule has 0 fully saturated rings. The summed E-state index contributed by atoms with van der Waals surface area (Å²) in [7, 11) is -3.77. The normalized spacial score (nSPS) is 12.2. The molecule has 0 amide bonds. The fourth-order valence-corrected chi connectivity index (χ4v) is 3.67. The van der Waals surface area contributed by atoms with Gasteiger partial charge in [-0.15, -0.1) is 0 Å². The second kappa shape index (κ2) is 8.73. The van der Waals surface area contributed by atoms with Crippen molar-refractivity contribution in [3.8, 4) is 0 Å². The Kier molecular flexibility index (Phi) is 6.65. The van der Waals surface area contributed by atoms with Crippen LogP contribution in [0.2, 0.25) is 0 Å². The highest BCUT2D eigenvalue weighted by atomic mass is 32.2. The Bertz CT molecular complexity index is 903. The zero-order chi connectivity index (χ0) is 19.2. The van der Waals surface area contributed by atoms with Crippen LogP contribution in [0.5, 0.6) is 0 Å². The van der Waals surface area contributed by atoms with Crippen molar-refractivity contribution in [3.05, 3.63) is 75.8 Å². The number of hydrogen-bond acceptors (Lipinski definition) is 4. The van der Waals surface area contributed by atoms with E-state index in [4.69, 9.17) is 0 Å². The second-order valence-electron chi connectivity index (χ2n) is 5.94. The first-order valence-electron chi connectivity index (χ1n) is 8.30. The molecule has 0 aliphatic carbocycles. The molecule has 6 nitrogen and oxygen atoms in total. The van der Waals surface area contributed by atoms with Crippen LogP contribution in [0, 0.1) is 17.0 Å². The summed E-state index contributed by atoms with van der Waals surface area (Å²) in [5, 5.41) is 10.8. The number of nitrogens with one attached hydrogen (secondary N) is 1. The average Bonchev–Trinajstić information content (AvgIpc) is 2.63. The molecule has 26 heavy (non-hydrogen) atoms. The first-order chi connectivity index (χ1) is 12.3. The molecule has 2 aromatic rings. The molecule has 0 atom stereocenters. The predicted molar refractivity (Wildman–Crippen MR) is 102 cm³/mol. The van der Waals surface area contributed by atoms with E-state index in [1.165, 1.54) is 23.8 Å². The van der Waals surface area contributed by atoms with E-state index in [2.05, 4.69) is 16.9 Å². The van der Waals surface area contributed by atoms with E-state index in [0.717, 1.165) is 23.6 Å². The molecule has 0 aliphatic heterocycles. The highest BCUT2D eigenvalue weighted by Crippen LogP contribution is 2.21. The Morgan fingerprint density at radius 2 is 1.88 bits per heavy atom. The number of sulfonamides is 1. The second-order valence-corrected chi connectivity index (χ2v) is 7.70. The Hall–Kier alpha value is -2.51. The van der Waals surface area contributed by atoms with E-state index >= 15 is 0 Å². The van der Waals surface area contributed by atoms with Crippen molar-refractivity contribution in [2.24, 2.45) is 0 Å². The molecule has 138 valence electrons. The van der Waals surface area contributed by atoms with E-state index in [1.807, 2.05) is 32.1 Å². The molecule has 7 heteroatoms. The molecule has 0 aromatic heterocycles. The van der Waals surface area contributed by atoms with Gasteiger partial charge in [-0.05, 0) is 43.9 Å². The van der Waals surface area contributed by atoms with E-state index in [0.29, 0.717) is 6.42 Å². The van der Waals surface area contributed by atoms with E-state index in [1.54, 1.807) is 0 Å². The van der Waals surface area contributed by atoms with Gasteiger partial charge in [0.2, 0.25) is 10.0 Å². The van der Waals surface area contributed by atoms with Crippen molar-refractivity contribution in [2.45, 2.75) is 31.6 Å². The predicted octanol–water partition coefficient (Wildman–Crippen LogP) is 4.07. The molecular formula is C19H22N2O4S. The summed E-state index contributed by atoms with van der Waals surface area (Å²) in [4.78, 5) is 10.1. The Morgan fingerprint density at radius 1 is 1.19 bits per heavy atom. The molecule has 1 N–H and O–H groups in total. The first kappa shape index (κ1) is 19.8. The summed E-state index contributed by atoms with van der Waals surface area (Å²) in [6, 6.07) is 13.2. The summed E-state index contributed by atoms with van der Waals surface area (Å²) in [5.41, 5.74) is 3.22. The minimum Gasteiger partial charge on any atom is -0.258 e. The van der Waals surface area contributed by atoms with Gasteiger partial charge >= 0.3 is 0 Å². The van der Waals surface area contributed by atoms with E-state index in [9.17, 15) is 18.5 Å². The minimum atomic E-state index is -3.77. The first-order valence-corrected chi connectivity index (χ1v) is 9.78. The number of nitrogens with zero attached hydrogens (tertiary/aromatic N) is 1. The highest BCUT2D eigenvalue weighted by molar-refractivity contribution is 7.89. The van der Waals surface area contributed by atoms with Crippen molar-refractivity contribution in [3.63, 3.8) is 0 Å². The molecule has 0 bridgehead atoms. The molecule has 0 spiro atoms. The van der Waals surface area contributed by atoms with Gasteiger partial charge in [0, 0.05) is 18.7 Å². The third kappa shape index (κ3) is 5.24. The maximum Gasteiger partial charge on any atom is 0.270 e. The zero-order valence-corrected chi connectivity index (χ0v) is 15.6. The lowest BCUT2D eigenvalue weighted by Gasteiger charge is -2.09. The van der Waals surface area contributed by atoms with Crippen LogP contribution >= 0.6 is 0 Å². The molecule has 0 saturated carbocycles. The summed E-state index contributed by atoms with van der Waals surface area (Å²) in [6.45, 7) is 4.25. The van der Waals surface area contributed by atoms with Crippen molar-refractivity contribution in [1.82, 2.24) is 4.72 Å². The van der Waals surface area contributed by atoms with Gasteiger partial charge in [0.25, 0.3) is 5.69 Å². The Balaban J connectivity index is 1.95. The smallest absolute Gasteiger partial charge is 0.258 e. The van der Waals surface area contributed by atoms with Gasteiger partial charge in [0.05, 0.1) is 9.82 Å². The fraction of sp³-hybridized carbons (Fsp3) is 0.263. The molecule has 2 aromatic carbocycles. The maximum atomic E-state index is 12.3. The summed E-state index contributed by atoms with van der Waals surface area (Å²) in [5.74, 6) is 0. The number of nitro benzene ring substituents is 1. The Morgan fingerprint density at radius 3 is 2.50 bits per heavy atom. The molecule has 0 aliphatic rings. The summed E-state index contributed by atoms with van der Waals surface area (Å²) in [6.07, 6.45) is 3.39. The van der Waals surface area contributed by atoms with E-state index < -0.39 is 14.9 Å². The SMILES string of the molecule is C/C=C(/CCCNS(=O)(=O)c1cccc([N+](=O)[O-])c1)c1ccc(C)cc1. The summed E-state index contributed by atoms with van der Waals surface area (Å²) >= 11 is 0. The summed E-state index contributed by atoms with van der Waals surface area (Å²) < 4.78 is 27.1. The van der Waals surface area contributed by atoms with Crippen molar-refractivity contribution in [1.29, 1.82) is 0 Å². The van der Waals surface area contributed by atoms with Gasteiger partial charge in [-0.25, -0.2) is 13.1 Å². The third-order valence-electron chi connectivity index (χ3n) is 4.02. The highest BCUT2D eigenvalue weighted by Gasteiger charge is 2.17. The number of nitro groups is 1. The van der Waals surface area contributed by atoms with Gasteiger partial charge in [0.15, 0.2) is 0 Å². The number of non-ortho nitro benzene ring substituents is 1. The van der Waals surface area contributed by atoms with Gasteiger partial charge in [0.1, 0.15) is 0 Å². The Labute approximate surface area is 153 Å². The standard InChI is InChI=1S/C19H22N2O4S/c1-3-16(17-11-9-15(2)10-12-17)6-5-13-20-26(24,25)19-8-4-7-18(14-19)21(22)23/h3-4,7-12,14,20H,5-6,13H2,1-2H3/b16-3-. The lowest BCUT2D eigenvalue weighted by atomic mass is 10.00. The van der Waals surface area contributed by atoms with Gasteiger partial charge in [-0.3, -0.25) is 10.1 Å². The van der Waals surface area contributed by atoms with Crippen LogP contribution in [-0.4, -0.2) is 19.9 Å². The molecule has 0 heterocycles. The zero-order valence-electron chi connectivity index (χ0n) is 14.8. The monoisotopic (exact) mass is 374 g/mol. The van der Waals surface area contributed by atoms with Crippen molar-refractivity contribution < 1.29 is 13.3 Å². The van der Waals surface area contributed by atoms with Gasteiger partial charge in [-0.1, -0.05) is 42.0 Å². The number of hydrogen-bond donors (Lipinski definition) is 1. The molecule has 0 saturated heterocycles. The lowest BCUT2D eigenvalue weighted by molar-refractivity contribution is -0.385. The van der Waals surface area contributed by atoms with Crippen LogP contribution < -0.4 is 4.72 Å². The van der Waals surface area contributed by atoms with Crippen LogP contribution in [0.25, 0.3) is 5.57 Å². The van der Waals surface area contributed by atoms with E-state index in [-0.39, 0.29) is 17.1 Å². The fourth-order valence-electron chi connectivity index (χ4n) is 2.56. The topological polar surface area (TPSA) is 89.3 Å². The number of allylic oxidation sites excluding steroid dienone is 2. The molecular weight excluding hydrogens is 352 g/mol. The van der Waals surface area contributed by atoms with Gasteiger partial charge in [-0.2, -0.15) is 0 Å². The van der Waals surface area contributed by atoms with Crippen LogP contribution in [0.15, 0.2) is 59.5 Å². The lowest BCUT2D eigenvalue weighted by Crippen LogP contribution is -2.24. The van der Waals surface area contributed by atoms with Crippen molar-refractivity contribution in [2.75, 3.05) is 6.54 Å². The van der Waals surface area contributed by atoms with Crippen LogP contribution in [0.1, 0.15) is 30.9 Å². The molecule has 0 unspecified atom stereocenters. The van der Waals surface area contributed by atoms with Gasteiger partial charge < -0.3 is 0 Å². The minimum absolute atomic E-state index is 0.100.